The van der Waals surface area contributed by atoms with E-state index in [2.05, 4.69) is 10.6 Å². The number of nitrogens with two attached hydrogens (primary N) is 2. The highest BCUT2D eigenvalue weighted by atomic mass is 32.2. The van der Waals surface area contributed by atoms with Crippen molar-refractivity contribution in [3.05, 3.63) is 0 Å². The molecule has 0 aromatic carbocycles. The Labute approximate surface area is 198 Å². The lowest BCUT2D eigenvalue weighted by Crippen LogP contribution is -2.56. The lowest BCUT2D eigenvalue weighted by Gasteiger charge is -2.28. The molecule has 11 nitrogen and oxygen atoms in total. The molecule has 4 amide bonds. The number of aliphatic carboxylic acids is 1. The predicted octanol–water partition coefficient (Wildman–Crippen LogP) is -0.576. The Morgan fingerprint density at radius 1 is 1.12 bits per heavy atom. The molecule has 7 N–H and O–H groups in total. The van der Waals surface area contributed by atoms with E-state index >= 15 is 0 Å². The van der Waals surface area contributed by atoms with Crippen molar-refractivity contribution in [2.24, 2.45) is 17.4 Å². The second-order valence-corrected chi connectivity index (χ2v) is 9.66. The fraction of sp³-hybridized carbons (Fsp3) is 0.762. The lowest BCUT2D eigenvalue weighted by molar-refractivity contribution is -0.143. The highest BCUT2D eigenvalue weighted by molar-refractivity contribution is 7.98. The minimum Gasteiger partial charge on any atom is -0.480 e. The minimum absolute atomic E-state index is 0.0321. The lowest BCUT2D eigenvalue weighted by atomic mass is 10.0. The molecule has 0 aliphatic carbocycles. The molecule has 1 rings (SSSR count). The minimum atomic E-state index is -1.13. The van der Waals surface area contributed by atoms with Gasteiger partial charge in [0.2, 0.25) is 23.6 Å². The maximum absolute atomic E-state index is 13.0. The van der Waals surface area contributed by atoms with E-state index in [-0.39, 0.29) is 25.2 Å². The molecule has 0 saturated carbocycles. The first kappa shape index (κ1) is 28.7. The molecule has 1 heterocycles. The topological polar surface area (TPSA) is 185 Å². The van der Waals surface area contributed by atoms with Crippen molar-refractivity contribution in [1.29, 1.82) is 0 Å². The number of rotatable bonds is 14. The zero-order chi connectivity index (χ0) is 25.1. The fourth-order valence-corrected chi connectivity index (χ4v) is 4.15. The van der Waals surface area contributed by atoms with Crippen molar-refractivity contribution in [2.75, 3.05) is 18.6 Å². The molecule has 1 saturated heterocycles. The molecule has 0 bridgehead atoms. The Bertz CT molecular complexity index is 719. The number of hydrogen-bond donors (Lipinski definition) is 5. The van der Waals surface area contributed by atoms with Crippen LogP contribution in [0.5, 0.6) is 0 Å². The fourth-order valence-electron chi connectivity index (χ4n) is 3.67. The zero-order valence-corrected chi connectivity index (χ0v) is 20.4. The van der Waals surface area contributed by atoms with E-state index in [1.165, 1.54) is 16.7 Å². The number of carbonyl (C=O) groups excluding carboxylic acids is 4. The van der Waals surface area contributed by atoms with E-state index in [1.807, 2.05) is 20.1 Å². The van der Waals surface area contributed by atoms with Gasteiger partial charge < -0.3 is 32.1 Å². The Hall–Kier alpha value is -2.34. The highest BCUT2D eigenvalue weighted by Gasteiger charge is 2.37. The second kappa shape index (κ2) is 14.0. The van der Waals surface area contributed by atoms with E-state index < -0.39 is 53.8 Å². The number of primary amides is 1. The molecule has 4 atom stereocenters. The standard InChI is InChI=1S/C21H37N5O6S/c1-12(2)11-15(21(31)32)25-18(28)14(8-10-33-3)24-19(29)16-5-4-9-26(16)20(30)13(22)6-7-17(23)27/h12-16H,4-11,22H2,1-3H3,(H2,23,27)(H,24,29)(H,25,28)(H,31,32). The summed E-state index contributed by atoms with van der Waals surface area (Å²) >= 11 is 1.49. The summed E-state index contributed by atoms with van der Waals surface area (Å²) in [4.78, 5) is 62.4. The van der Waals surface area contributed by atoms with Crippen LogP contribution in [0.25, 0.3) is 0 Å². The Morgan fingerprint density at radius 3 is 2.33 bits per heavy atom. The van der Waals surface area contributed by atoms with Gasteiger partial charge >= 0.3 is 5.97 Å². The normalized spacial score (nSPS) is 18.5. The summed E-state index contributed by atoms with van der Waals surface area (Å²) in [5.41, 5.74) is 11.0. The zero-order valence-electron chi connectivity index (χ0n) is 19.5. The van der Waals surface area contributed by atoms with E-state index in [9.17, 15) is 29.1 Å². The van der Waals surface area contributed by atoms with Gasteiger partial charge in [-0.3, -0.25) is 19.2 Å². The van der Waals surface area contributed by atoms with E-state index in [0.29, 0.717) is 31.6 Å². The Balaban J connectivity index is 2.87. The van der Waals surface area contributed by atoms with Crippen molar-refractivity contribution in [1.82, 2.24) is 15.5 Å². The average molecular weight is 488 g/mol. The van der Waals surface area contributed by atoms with Crippen LogP contribution in [0.2, 0.25) is 0 Å². The summed E-state index contributed by atoms with van der Waals surface area (Å²) in [6, 6.07) is -3.72. The smallest absolute Gasteiger partial charge is 0.326 e. The van der Waals surface area contributed by atoms with Gasteiger partial charge in [-0.1, -0.05) is 13.8 Å². The third-order valence-corrected chi connectivity index (χ3v) is 6.07. The molecule has 1 aliphatic heterocycles. The van der Waals surface area contributed by atoms with Crippen LogP contribution in [-0.2, 0) is 24.0 Å². The van der Waals surface area contributed by atoms with Gasteiger partial charge in [0.25, 0.3) is 0 Å². The average Bonchev–Trinajstić information content (AvgIpc) is 3.23. The largest absolute Gasteiger partial charge is 0.480 e. The first-order valence-corrected chi connectivity index (χ1v) is 12.5. The van der Waals surface area contributed by atoms with Gasteiger partial charge in [0.1, 0.15) is 18.1 Å². The molecule has 0 aromatic rings. The van der Waals surface area contributed by atoms with Gasteiger partial charge in [-0.25, -0.2) is 4.79 Å². The predicted molar refractivity (Wildman–Crippen MR) is 125 cm³/mol. The van der Waals surface area contributed by atoms with Crippen LogP contribution in [0.1, 0.15) is 52.4 Å². The summed E-state index contributed by atoms with van der Waals surface area (Å²) in [7, 11) is 0. The molecule has 33 heavy (non-hydrogen) atoms. The second-order valence-electron chi connectivity index (χ2n) is 8.67. The quantitative estimate of drug-likeness (QED) is 0.215. The Kier molecular flexibility index (Phi) is 12.2. The van der Waals surface area contributed by atoms with Crippen molar-refractivity contribution < 1.29 is 29.1 Å². The van der Waals surface area contributed by atoms with Crippen molar-refractivity contribution >= 4 is 41.4 Å². The number of hydrogen-bond acceptors (Lipinski definition) is 7. The number of nitrogens with one attached hydrogen (secondary N) is 2. The number of amides is 4. The molecule has 188 valence electrons. The molecule has 1 aliphatic rings. The monoisotopic (exact) mass is 487 g/mol. The van der Waals surface area contributed by atoms with Gasteiger partial charge in [0.05, 0.1) is 6.04 Å². The van der Waals surface area contributed by atoms with Gasteiger partial charge in [0, 0.05) is 13.0 Å². The van der Waals surface area contributed by atoms with Gasteiger partial charge in [0.15, 0.2) is 0 Å². The van der Waals surface area contributed by atoms with Crippen LogP contribution < -0.4 is 22.1 Å². The van der Waals surface area contributed by atoms with Gasteiger partial charge in [-0.05, 0) is 50.0 Å². The first-order valence-electron chi connectivity index (χ1n) is 11.1. The van der Waals surface area contributed by atoms with Crippen LogP contribution in [0.4, 0.5) is 0 Å². The summed E-state index contributed by atoms with van der Waals surface area (Å²) < 4.78 is 0. The first-order chi connectivity index (χ1) is 15.5. The van der Waals surface area contributed by atoms with Crippen molar-refractivity contribution in [2.45, 2.75) is 76.5 Å². The number of likely N-dealkylation sites (tertiary alicyclic amines) is 1. The number of nitrogens with zero attached hydrogens (tertiary/aromatic N) is 1. The summed E-state index contributed by atoms with van der Waals surface area (Å²) in [5, 5.41) is 14.6. The number of carboxylic acid groups (broad SMARTS) is 1. The molecule has 0 spiro atoms. The van der Waals surface area contributed by atoms with Gasteiger partial charge in [-0.15, -0.1) is 0 Å². The van der Waals surface area contributed by atoms with Crippen LogP contribution in [0, 0.1) is 5.92 Å². The molecule has 4 unspecified atom stereocenters. The van der Waals surface area contributed by atoms with Crippen LogP contribution in [0.15, 0.2) is 0 Å². The molecule has 0 radical (unpaired) electrons. The van der Waals surface area contributed by atoms with Crippen molar-refractivity contribution in [3.8, 4) is 0 Å². The maximum Gasteiger partial charge on any atom is 0.326 e. The van der Waals surface area contributed by atoms with Crippen LogP contribution in [-0.4, -0.2) is 82.3 Å². The summed E-state index contributed by atoms with van der Waals surface area (Å²) in [5.74, 6) is -2.56. The number of carboxylic acids is 1. The third-order valence-electron chi connectivity index (χ3n) is 5.42. The van der Waals surface area contributed by atoms with Crippen LogP contribution in [0.3, 0.4) is 0 Å². The summed E-state index contributed by atoms with van der Waals surface area (Å²) in [6.07, 6.45) is 3.51. The molecule has 1 fully saturated rings. The third kappa shape index (κ3) is 9.58. The van der Waals surface area contributed by atoms with E-state index in [4.69, 9.17) is 11.5 Å². The SMILES string of the molecule is CSCCC(NC(=O)C1CCCN1C(=O)C(N)CCC(N)=O)C(=O)NC(CC(C)C)C(=O)O. The molecule has 0 aromatic heterocycles. The highest BCUT2D eigenvalue weighted by Crippen LogP contribution is 2.20. The molecular formula is C21H37N5O6S. The Morgan fingerprint density at radius 2 is 1.79 bits per heavy atom. The maximum atomic E-state index is 13.0. The molecular weight excluding hydrogens is 450 g/mol. The van der Waals surface area contributed by atoms with Crippen molar-refractivity contribution in [3.63, 3.8) is 0 Å². The van der Waals surface area contributed by atoms with E-state index in [0.717, 1.165) is 0 Å². The van der Waals surface area contributed by atoms with Crippen LogP contribution >= 0.6 is 11.8 Å². The van der Waals surface area contributed by atoms with E-state index in [1.54, 1.807) is 0 Å². The number of carbonyl (C=O) groups is 5. The summed E-state index contributed by atoms with van der Waals surface area (Å²) in [6.45, 7) is 4.06. The molecule has 12 heteroatoms. The number of thioether (sulfide) groups is 1. The van der Waals surface area contributed by atoms with Gasteiger partial charge in [-0.2, -0.15) is 11.8 Å².